The van der Waals surface area contributed by atoms with Gasteiger partial charge in [0.1, 0.15) is 0 Å². The second-order valence-electron chi connectivity index (χ2n) is 6.25. The summed E-state index contributed by atoms with van der Waals surface area (Å²) in [6.45, 7) is 5.08. The van der Waals surface area contributed by atoms with E-state index in [1.54, 1.807) is 0 Å². The third-order valence-corrected chi connectivity index (χ3v) is 4.51. The SMILES string of the molecule is CCCNC(c1cc(F)c(F)c(F)c1)C1CCC(C)CC1. The summed E-state index contributed by atoms with van der Waals surface area (Å²) in [4.78, 5) is 0. The summed E-state index contributed by atoms with van der Waals surface area (Å²) in [5.74, 6) is -2.51. The van der Waals surface area contributed by atoms with Gasteiger partial charge in [0.05, 0.1) is 0 Å². The van der Waals surface area contributed by atoms with Crippen molar-refractivity contribution in [1.82, 2.24) is 5.32 Å². The van der Waals surface area contributed by atoms with Crippen LogP contribution < -0.4 is 5.32 Å². The second kappa shape index (κ2) is 7.30. The largest absolute Gasteiger partial charge is 0.310 e. The highest BCUT2D eigenvalue weighted by Crippen LogP contribution is 2.37. The molecule has 1 fully saturated rings. The molecule has 1 unspecified atom stereocenters. The molecule has 1 N–H and O–H groups in total. The van der Waals surface area contributed by atoms with Gasteiger partial charge in [-0.15, -0.1) is 0 Å². The van der Waals surface area contributed by atoms with Crippen LogP contribution in [0.1, 0.15) is 57.6 Å². The Hall–Kier alpha value is -1.03. The number of rotatable bonds is 5. The Labute approximate surface area is 124 Å². The van der Waals surface area contributed by atoms with Crippen LogP contribution in [-0.4, -0.2) is 6.54 Å². The molecule has 1 aromatic carbocycles. The van der Waals surface area contributed by atoms with Gasteiger partial charge in [0, 0.05) is 6.04 Å². The summed E-state index contributed by atoms with van der Waals surface area (Å²) in [5, 5.41) is 3.39. The molecule has 1 saturated carbocycles. The van der Waals surface area contributed by atoms with Crippen molar-refractivity contribution in [2.45, 2.75) is 52.0 Å². The highest BCUT2D eigenvalue weighted by atomic mass is 19.2. The quantitative estimate of drug-likeness (QED) is 0.757. The molecular weight excluding hydrogens is 275 g/mol. The molecule has 4 heteroatoms. The fourth-order valence-electron chi connectivity index (χ4n) is 3.23. The van der Waals surface area contributed by atoms with E-state index in [1.165, 1.54) is 0 Å². The van der Waals surface area contributed by atoms with E-state index in [1.807, 2.05) is 0 Å². The summed E-state index contributed by atoms with van der Waals surface area (Å²) >= 11 is 0. The lowest BCUT2D eigenvalue weighted by Crippen LogP contribution is -2.31. The van der Waals surface area contributed by atoms with Crippen LogP contribution in [0.5, 0.6) is 0 Å². The molecular formula is C17H24F3N. The Bertz CT molecular complexity index is 444. The fourth-order valence-corrected chi connectivity index (χ4v) is 3.23. The van der Waals surface area contributed by atoms with Crippen molar-refractivity contribution in [2.24, 2.45) is 11.8 Å². The standard InChI is InChI=1S/C17H24F3N/c1-3-8-21-17(12-6-4-11(2)5-7-12)13-9-14(18)16(20)15(19)10-13/h9-12,17,21H,3-8H2,1-2H3. The van der Waals surface area contributed by atoms with E-state index < -0.39 is 17.5 Å². The molecule has 0 heterocycles. The number of hydrogen-bond donors (Lipinski definition) is 1. The first kappa shape index (κ1) is 16.3. The third-order valence-electron chi connectivity index (χ3n) is 4.51. The van der Waals surface area contributed by atoms with E-state index in [4.69, 9.17) is 0 Å². The van der Waals surface area contributed by atoms with Gasteiger partial charge >= 0.3 is 0 Å². The zero-order valence-electron chi connectivity index (χ0n) is 12.8. The molecule has 0 spiro atoms. The zero-order valence-corrected chi connectivity index (χ0v) is 12.8. The van der Waals surface area contributed by atoms with Crippen LogP contribution in [0.2, 0.25) is 0 Å². The van der Waals surface area contributed by atoms with Crippen LogP contribution in [0, 0.1) is 29.3 Å². The molecule has 1 aliphatic rings. The monoisotopic (exact) mass is 299 g/mol. The molecule has 0 aliphatic heterocycles. The highest BCUT2D eigenvalue weighted by molar-refractivity contribution is 5.23. The number of benzene rings is 1. The topological polar surface area (TPSA) is 12.0 Å². The van der Waals surface area contributed by atoms with Gasteiger partial charge in [-0.25, -0.2) is 13.2 Å². The van der Waals surface area contributed by atoms with E-state index in [9.17, 15) is 13.2 Å². The Morgan fingerprint density at radius 3 is 2.19 bits per heavy atom. The molecule has 2 rings (SSSR count). The lowest BCUT2D eigenvalue weighted by Gasteiger charge is -2.34. The van der Waals surface area contributed by atoms with Crippen LogP contribution in [0.25, 0.3) is 0 Å². The Kier molecular flexibility index (Phi) is 5.68. The molecule has 1 nitrogen and oxygen atoms in total. The molecule has 0 saturated heterocycles. The molecule has 21 heavy (non-hydrogen) atoms. The zero-order chi connectivity index (χ0) is 15.4. The normalized spacial score (nSPS) is 24.0. The summed E-state index contributed by atoms with van der Waals surface area (Å²) in [6.07, 6.45) is 5.32. The van der Waals surface area contributed by atoms with Crippen LogP contribution in [0.3, 0.4) is 0 Å². The average Bonchev–Trinajstić information content (AvgIpc) is 2.46. The van der Waals surface area contributed by atoms with Gasteiger partial charge < -0.3 is 5.32 Å². The summed E-state index contributed by atoms with van der Waals surface area (Å²) in [5.41, 5.74) is 0.527. The predicted octanol–water partition coefficient (Wildman–Crippen LogP) is 4.97. The Balaban J connectivity index is 2.23. The number of hydrogen-bond acceptors (Lipinski definition) is 1. The van der Waals surface area contributed by atoms with Crippen molar-refractivity contribution >= 4 is 0 Å². The fraction of sp³-hybridized carbons (Fsp3) is 0.647. The number of halogens is 3. The first-order valence-electron chi connectivity index (χ1n) is 7.90. The van der Waals surface area contributed by atoms with Gasteiger partial charge in [0.2, 0.25) is 0 Å². The van der Waals surface area contributed by atoms with Gasteiger partial charge in [-0.1, -0.05) is 26.7 Å². The van der Waals surface area contributed by atoms with Crippen LogP contribution in [0.4, 0.5) is 13.2 Å². The third kappa shape index (κ3) is 4.00. The van der Waals surface area contributed by atoms with Crippen molar-refractivity contribution in [3.63, 3.8) is 0 Å². The van der Waals surface area contributed by atoms with Crippen LogP contribution >= 0.6 is 0 Å². The number of nitrogens with one attached hydrogen (secondary N) is 1. The minimum absolute atomic E-state index is 0.0953. The molecule has 0 aromatic heterocycles. The van der Waals surface area contributed by atoms with Crippen molar-refractivity contribution in [3.8, 4) is 0 Å². The highest BCUT2D eigenvalue weighted by Gasteiger charge is 2.28. The van der Waals surface area contributed by atoms with Gasteiger partial charge in [-0.05, 0) is 55.3 Å². The first-order chi connectivity index (χ1) is 10.0. The Morgan fingerprint density at radius 2 is 1.67 bits per heavy atom. The lowest BCUT2D eigenvalue weighted by atomic mass is 9.77. The average molecular weight is 299 g/mol. The van der Waals surface area contributed by atoms with E-state index in [2.05, 4.69) is 19.2 Å². The van der Waals surface area contributed by atoms with Gasteiger partial charge in [-0.2, -0.15) is 0 Å². The molecule has 0 amide bonds. The molecule has 118 valence electrons. The maximum absolute atomic E-state index is 13.5. The van der Waals surface area contributed by atoms with Crippen LogP contribution in [0.15, 0.2) is 12.1 Å². The van der Waals surface area contributed by atoms with Gasteiger partial charge in [-0.3, -0.25) is 0 Å². The molecule has 1 atom stereocenters. The maximum atomic E-state index is 13.5. The summed E-state index contributed by atoms with van der Waals surface area (Å²) < 4.78 is 40.2. The maximum Gasteiger partial charge on any atom is 0.194 e. The smallest absolute Gasteiger partial charge is 0.194 e. The second-order valence-corrected chi connectivity index (χ2v) is 6.25. The minimum atomic E-state index is -1.38. The van der Waals surface area contributed by atoms with Crippen molar-refractivity contribution < 1.29 is 13.2 Å². The van der Waals surface area contributed by atoms with Crippen molar-refractivity contribution in [1.29, 1.82) is 0 Å². The molecule has 0 radical (unpaired) electrons. The first-order valence-corrected chi connectivity index (χ1v) is 7.90. The van der Waals surface area contributed by atoms with E-state index in [0.717, 1.165) is 56.7 Å². The molecule has 1 aromatic rings. The predicted molar refractivity (Wildman–Crippen MR) is 78.5 cm³/mol. The van der Waals surface area contributed by atoms with Crippen LogP contribution in [-0.2, 0) is 0 Å². The van der Waals surface area contributed by atoms with E-state index >= 15 is 0 Å². The lowest BCUT2D eigenvalue weighted by molar-refractivity contribution is 0.230. The van der Waals surface area contributed by atoms with Gasteiger partial charge in [0.15, 0.2) is 17.5 Å². The molecule has 1 aliphatic carbocycles. The minimum Gasteiger partial charge on any atom is -0.310 e. The summed E-state index contributed by atoms with van der Waals surface area (Å²) in [6, 6.07) is 2.19. The van der Waals surface area contributed by atoms with Crippen molar-refractivity contribution in [3.05, 3.63) is 35.1 Å². The van der Waals surface area contributed by atoms with E-state index in [-0.39, 0.29) is 6.04 Å². The summed E-state index contributed by atoms with van der Waals surface area (Å²) in [7, 11) is 0. The molecule has 0 bridgehead atoms. The van der Waals surface area contributed by atoms with Crippen molar-refractivity contribution in [2.75, 3.05) is 6.54 Å². The van der Waals surface area contributed by atoms with Gasteiger partial charge in [0.25, 0.3) is 0 Å². The Morgan fingerprint density at radius 1 is 1.10 bits per heavy atom. The van der Waals surface area contributed by atoms with E-state index in [0.29, 0.717) is 11.5 Å².